The zero-order valence-corrected chi connectivity index (χ0v) is 9.07. The molecular formula is C8H5F3FeO2S. The van der Waals surface area contributed by atoms with Gasteiger partial charge in [-0.25, -0.2) is 0 Å². The zero-order chi connectivity index (χ0) is 10.8. The first kappa shape index (κ1) is 14.3. The molecule has 0 saturated carbocycles. The van der Waals surface area contributed by atoms with Gasteiger partial charge < -0.3 is 0 Å². The van der Waals surface area contributed by atoms with Crippen molar-refractivity contribution in [3.63, 3.8) is 0 Å². The van der Waals surface area contributed by atoms with E-state index in [4.69, 9.17) is 0 Å². The van der Waals surface area contributed by atoms with E-state index >= 15 is 0 Å². The van der Waals surface area contributed by atoms with Crippen molar-refractivity contribution in [3.8, 4) is 0 Å². The van der Waals surface area contributed by atoms with Gasteiger partial charge >= 0.3 is 6.18 Å². The number of hydrogen-bond donors (Lipinski definition) is 0. The molecule has 0 amide bonds. The van der Waals surface area contributed by atoms with E-state index in [1.54, 1.807) is 5.38 Å². The van der Waals surface area contributed by atoms with Gasteiger partial charge in [0.05, 0.1) is 11.3 Å². The zero-order valence-electron chi connectivity index (χ0n) is 7.15. The van der Waals surface area contributed by atoms with E-state index in [2.05, 4.69) is 0 Å². The van der Waals surface area contributed by atoms with E-state index in [0.29, 0.717) is 0 Å². The maximum atomic E-state index is 11.8. The van der Waals surface area contributed by atoms with E-state index in [9.17, 15) is 22.8 Å². The summed E-state index contributed by atoms with van der Waals surface area (Å²) in [5.41, 5.74) is 0. The van der Waals surface area contributed by atoms with Crippen LogP contribution in [-0.4, -0.2) is 17.7 Å². The Morgan fingerprint density at radius 2 is 1.93 bits per heavy atom. The minimum absolute atomic E-state index is 0. The van der Waals surface area contributed by atoms with Gasteiger partial charge in [-0.1, -0.05) is 6.07 Å². The maximum Gasteiger partial charge on any atom is 0.450 e. The Bertz CT molecular complexity index is 345. The average molecular weight is 278 g/mol. The van der Waals surface area contributed by atoms with Gasteiger partial charge in [-0.05, 0) is 11.4 Å². The minimum Gasteiger partial charge on any atom is -0.293 e. The summed E-state index contributed by atoms with van der Waals surface area (Å²) in [6.07, 6.45) is -6.03. The van der Waals surface area contributed by atoms with Gasteiger partial charge in [0.2, 0.25) is 5.78 Å². The molecule has 2 nitrogen and oxygen atoms in total. The van der Waals surface area contributed by atoms with E-state index < -0.39 is 24.2 Å². The fourth-order valence-electron chi connectivity index (χ4n) is 0.770. The van der Waals surface area contributed by atoms with Crippen LogP contribution in [-0.2, 0) is 21.9 Å². The third kappa shape index (κ3) is 4.15. The average Bonchev–Trinajstić information content (AvgIpc) is 2.53. The second kappa shape index (κ2) is 5.44. The quantitative estimate of drug-likeness (QED) is 0.483. The molecule has 0 N–H and O–H groups in total. The Kier molecular flexibility index (Phi) is 5.20. The number of carbonyl (C=O) groups is 2. The molecule has 0 unspecified atom stereocenters. The van der Waals surface area contributed by atoms with E-state index in [-0.39, 0.29) is 21.9 Å². The second-order valence-corrected chi connectivity index (χ2v) is 3.45. The topological polar surface area (TPSA) is 34.1 Å². The van der Waals surface area contributed by atoms with Gasteiger partial charge in [-0.2, -0.15) is 13.2 Å². The first-order chi connectivity index (χ1) is 6.41. The van der Waals surface area contributed by atoms with Gasteiger partial charge in [0, 0.05) is 17.1 Å². The molecular weight excluding hydrogens is 273 g/mol. The Hall–Kier alpha value is -0.651. The van der Waals surface area contributed by atoms with E-state index in [1.165, 1.54) is 12.1 Å². The van der Waals surface area contributed by atoms with Crippen molar-refractivity contribution < 1.29 is 39.8 Å². The molecule has 0 radical (unpaired) electrons. The Morgan fingerprint density at radius 1 is 1.33 bits per heavy atom. The summed E-state index contributed by atoms with van der Waals surface area (Å²) in [7, 11) is 0. The van der Waals surface area contributed by atoms with Crippen LogP contribution in [0.1, 0.15) is 16.1 Å². The Morgan fingerprint density at radius 3 is 2.33 bits per heavy atom. The monoisotopic (exact) mass is 278 g/mol. The predicted molar refractivity (Wildman–Crippen MR) is 44.3 cm³/mol. The number of Topliss-reactive ketones (excluding diaryl/α,β-unsaturated/α-hetero) is 2. The van der Waals surface area contributed by atoms with Crippen molar-refractivity contribution >= 4 is 22.9 Å². The van der Waals surface area contributed by atoms with Crippen molar-refractivity contribution in [3.05, 3.63) is 22.4 Å². The molecule has 7 heteroatoms. The van der Waals surface area contributed by atoms with E-state index in [1.807, 2.05) is 0 Å². The molecule has 0 aromatic carbocycles. The number of thiophene rings is 1. The fraction of sp³-hybridized carbons (Fsp3) is 0.250. The van der Waals surface area contributed by atoms with Crippen LogP contribution in [0.5, 0.6) is 0 Å². The summed E-state index contributed by atoms with van der Waals surface area (Å²) in [6.45, 7) is 0. The van der Waals surface area contributed by atoms with Crippen molar-refractivity contribution in [2.24, 2.45) is 0 Å². The normalized spacial score (nSPS) is 10.6. The summed E-state index contributed by atoms with van der Waals surface area (Å²) in [5, 5.41) is 1.56. The smallest absolute Gasteiger partial charge is 0.293 e. The number of hydrogen-bond acceptors (Lipinski definition) is 3. The summed E-state index contributed by atoms with van der Waals surface area (Å²) in [5.74, 6) is -2.79. The molecule has 1 aromatic rings. The maximum absolute atomic E-state index is 11.8. The van der Waals surface area contributed by atoms with Crippen LogP contribution in [0.2, 0.25) is 0 Å². The van der Waals surface area contributed by atoms with Crippen LogP contribution in [0.15, 0.2) is 17.5 Å². The summed E-state index contributed by atoms with van der Waals surface area (Å²) in [4.78, 5) is 21.7. The SMILES string of the molecule is O=C(CC(=O)C(F)(F)F)c1cccs1.[Fe]. The molecule has 0 bridgehead atoms. The Labute approximate surface area is 97.9 Å². The first-order valence-corrected chi connectivity index (χ1v) is 4.46. The summed E-state index contributed by atoms with van der Waals surface area (Å²) in [6, 6.07) is 2.92. The largest absolute Gasteiger partial charge is 0.450 e. The minimum atomic E-state index is -4.92. The molecule has 0 saturated heterocycles. The van der Waals surface area contributed by atoms with Gasteiger partial charge in [-0.3, -0.25) is 9.59 Å². The van der Waals surface area contributed by atoms with Crippen LogP contribution >= 0.6 is 11.3 Å². The Balaban J connectivity index is 0.00000196. The van der Waals surface area contributed by atoms with Gasteiger partial charge in [0.25, 0.3) is 0 Å². The molecule has 1 heterocycles. The van der Waals surface area contributed by atoms with Crippen LogP contribution in [0, 0.1) is 0 Å². The van der Waals surface area contributed by atoms with E-state index in [0.717, 1.165) is 11.3 Å². The molecule has 0 aliphatic carbocycles. The molecule has 1 aromatic heterocycles. The molecule has 0 aliphatic heterocycles. The number of rotatable bonds is 3. The van der Waals surface area contributed by atoms with Crippen LogP contribution in [0.3, 0.4) is 0 Å². The third-order valence-electron chi connectivity index (χ3n) is 1.43. The number of carbonyl (C=O) groups excluding carboxylic acids is 2. The van der Waals surface area contributed by atoms with Crippen molar-refractivity contribution in [2.75, 3.05) is 0 Å². The predicted octanol–water partition coefficient (Wildman–Crippen LogP) is 2.45. The van der Waals surface area contributed by atoms with Crippen LogP contribution in [0.4, 0.5) is 13.2 Å². The first-order valence-electron chi connectivity index (χ1n) is 3.58. The van der Waals surface area contributed by atoms with Crippen molar-refractivity contribution in [1.29, 1.82) is 0 Å². The summed E-state index contributed by atoms with van der Waals surface area (Å²) >= 11 is 1.01. The number of halogens is 3. The fourth-order valence-corrected chi connectivity index (χ4v) is 1.43. The summed E-state index contributed by atoms with van der Waals surface area (Å²) < 4.78 is 35.3. The number of ketones is 2. The van der Waals surface area contributed by atoms with Gasteiger partial charge in [0.15, 0.2) is 5.78 Å². The molecule has 15 heavy (non-hydrogen) atoms. The van der Waals surface area contributed by atoms with Crippen LogP contribution < -0.4 is 0 Å². The van der Waals surface area contributed by atoms with Gasteiger partial charge in [0.1, 0.15) is 0 Å². The third-order valence-corrected chi connectivity index (χ3v) is 2.34. The molecule has 0 fully saturated rings. The molecule has 1 rings (SSSR count). The standard InChI is InChI=1S/C8H5F3O2S.Fe/c9-8(10,11)7(13)4-5(12)6-2-1-3-14-6;/h1-3H,4H2;. The van der Waals surface area contributed by atoms with Crippen molar-refractivity contribution in [1.82, 2.24) is 0 Å². The second-order valence-electron chi connectivity index (χ2n) is 2.50. The number of alkyl halides is 3. The van der Waals surface area contributed by atoms with Crippen molar-refractivity contribution in [2.45, 2.75) is 12.6 Å². The molecule has 0 spiro atoms. The molecule has 0 atom stereocenters. The molecule has 84 valence electrons. The van der Waals surface area contributed by atoms with Crippen LogP contribution in [0.25, 0.3) is 0 Å². The molecule has 0 aliphatic rings. The van der Waals surface area contributed by atoms with Gasteiger partial charge in [-0.15, -0.1) is 11.3 Å².